The van der Waals surface area contributed by atoms with Crippen LogP contribution < -0.4 is 0 Å². The quantitative estimate of drug-likeness (QED) is 0.261. The number of hydrogen-bond donors (Lipinski definition) is 0. The van der Waals surface area contributed by atoms with Gasteiger partial charge in [0, 0.05) is 0 Å². The number of hydrogen-bond acceptors (Lipinski definition) is 1. The van der Waals surface area contributed by atoms with Crippen LogP contribution in [0.4, 0.5) is 30.7 Å². The zero-order valence-electron chi connectivity index (χ0n) is 21.2. The highest BCUT2D eigenvalue weighted by Crippen LogP contribution is 2.45. The van der Waals surface area contributed by atoms with Gasteiger partial charge in [0.1, 0.15) is 17.2 Å². The Morgan fingerprint density at radius 3 is 1.47 bits per heavy atom. The molecule has 3 saturated carbocycles. The monoisotopic (exact) mass is 542 g/mol. The summed E-state index contributed by atoms with van der Waals surface area (Å²) in [5.41, 5.74) is -0.717. The Kier molecular flexibility index (Phi) is 8.09. The number of halogens is 7. The van der Waals surface area contributed by atoms with Crippen molar-refractivity contribution in [3.63, 3.8) is 0 Å². The summed E-state index contributed by atoms with van der Waals surface area (Å²) in [7, 11) is 0. The second-order valence-corrected chi connectivity index (χ2v) is 11.4. The Morgan fingerprint density at radius 2 is 0.974 bits per heavy atom. The van der Waals surface area contributed by atoms with Gasteiger partial charge in [-0.15, -0.1) is 0 Å². The van der Waals surface area contributed by atoms with Crippen LogP contribution in [0.1, 0.15) is 106 Å². The van der Waals surface area contributed by atoms with Gasteiger partial charge < -0.3 is 4.74 Å². The van der Waals surface area contributed by atoms with Gasteiger partial charge in [-0.25, -0.2) is 22.0 Å². The fourth-order valence-electron chi connectivity index (χ4n) is 7.05. The lowest BCUT2D eigenvalue weighted by Crippen LogP contribution is -2.31. The van der Waals surface area contributed by atoms with Gasteiger partial charge in [-0.2, -0.15) is 8.78 Å². The van der Waals surface area contributed by atoms with Gasteiger partial charge >= 0.3 is 6.11 Å². The molecule has 2 aromatic rings. The number of benzene rings is 2. The Morgan fingerprint density at radius 1 is 0.553 bits per heavy atom. The fourth-order valence-corrected chi connectivity index (χ4v) is 7.05. The molecule has 3 aliphatic carbocycles. The van der Waals surface area contributed by atoms with Crippen LogP contribution in [0.15, 0.2) is 24.3 Å². The van der Waals surface area contributed by atoms with Gasteiger partial charge in [-0.1, -0.05) is 25.7 Å². The summed E-state index contributed by atoms with van der Waals surface area (Å²) in [5.74, 6) is -5.80. The van der Waals surface area contributed by atoms with Crippen LogP contribution in [-0.2, 0) is 10.8 Å². The second-order valence-electron chi connectivity index (χ2n) is 11.4. The van der Waals surface area contributed by atoms with E-state index in [0.717, 1.165) is 55.9 Å². The summed E-state index contributed by atoms with van der Waals surface area (Å²) in [5, 5.41) is 0. The van der Waals surface area contributed by atoms with Crippen LogP contribution in [0.25, 0.3) is 0 Å². The van der Waals surface area contributed by atoms with Gasteiger partial charge in [0.05, 0.1) is 6.10 Å². The molecular formula is C30H33F7O. The minimum absolute atomic E-state index is 0.0448. The Balaban J connectivity index is 1.20. The zero-order chi connectivity index (χ0) is 27.0. The van der Waals surface area contributed by atoms with Crippen molar-refractivity contribution in [1.82, 2.24) is 0 Å². The maximum absolute atomic E-state index is 15.0. The predicted molar refractivity (Wildman–Crippen MR) is 129 cm³/mol. The van der Waals surface area contributed by atoms with Crippen molar-refractivity contribution in [2.24, 2.45) is 11.8 Å². The number of alkyl halides is 2. The molecule has 0 aromatic heterocycles. The van der Waals surface area contributed by atoms with E-state index in [9.17, 15) is 30.7 Å². The molecule has 0 saturated heterocycles. The van der Waals surface area contributed by atoms with E-state index >= 15 is 0 Å². The fraction of sp³-hybridized carbons (Fsp3) is 0.600. The number of rotatable bonds is 6. The molecule has 0 heterocycles. The van der Waals surface area contributed by atoms with E-state index in [1.807, 2.05) is 0 Å². The molecule has 0 spiro atoms. The molecule has 3 fully saturated rings. The third-order valence-corrected chi connectivity index (χ3v) is 9.13. The van der Waals surface area contributed by atoms with E-state index in [2.05, 4.69) is 0 Å². The summed E-state index contributed by atoms with van der Waals surface area (Å²) in [6, 6.07) is 3.88. The van der Waals surface area contributed by atoms with E-state index in [-0.39, 0.29) is 43.1 Å². The first-order chi connectivity index (χ1) is 18.1. The SMILES string of the molecule is Fc1cc(C2CCC(OC(F)(F)c3c(F)cc(C4CCC(C5CCCC5)CC4)cc3F)CC2)cc(F)c1F. The lowest BCUT2D eigenvalue weighted by atomic mass is 9.73. The van der Waals surface area contributed by atoms with E-state index in [1.165, 1.54) is 25.7 Å². The summed E-state index contributed by atoms with van der Waals surface area (Å²) in [6.45, 7) is 0. The largest absolute Gasteiger partial charge is 0.389 e. The average molecular weight is 543 g/mol. The van der Waals surface area contributed by atoms with E-state index in [4.69, 9.17) is 4.74 Å². The molecule has 3 aliphatic rings. The average Bonchev–Trinajstić information content (AvgIpc) is 3.42. The minimum atomic E-state index is -4.17. The van der Waals surface area contributed by atoms with Crippen LogP contribution >= 0.6 is 0 Å². The lowest BCUT2D eigenvalue weighted by molar-refractivity contribution is -0.280. The molecule has 0 bridgehead atoms. The maximum atomic E-state index is 15.0. The van der Waals surface area contributed by atoms with Crippen molar-refractivity contribution in [3.05, 3.63) is 70.0 Å². The summed E-state index contributed by atoms with van der Waals surface area (Å²) < 4.78 is 105. The first kappa shape index (κ1) is 27.5. The lowest BCUT2D eigenvalue weighted by Gasteiger charge is -2.33. The summed E-state index contributed by atoms with van der Waals surface area (Å²) in [6.07, 6.45) is 4.24. The molecule has 2 aromatic carbocycles. The molecule has 5 rings (SSSR count). The van der Waals surface area contributed by atoms with Gasteiger partial charge in [0.25, 0.3) is 0 Å². The van der Waals surface area contributed by atoms with Crippen LogP contribution in [0.5, 0.6) is 0 Å². The third kappa shape index (κ3) is 5.75. The van der Waals surface area contributed by atoms with Crippen molar-refractivity contribution in [2.75, 3.05) is 0 Å². The van der Waals surface area contributed by atoms with Crippen LogP contribution in [0, 0.1) is 40.9 Å². The normalized spacial score (nSPS) is 27.1. The number of ether oxygens (including phenoxy) is 1. The van der Waals surface area contributed by atoms with E-state index < -0.39 is 46.9 Å². The van der Waals surface area contributed by atoms with Crippen LogP contribution in [0.2, 0.25) is 0 Å². The van der Waals surface area contributed by atoms with Crippen LogP contribution in [0.3, 0.4) is 0 Å². The molecule has 0 N–H and O–H groups in total. The smallest absolute Gasteiger partial charge is 0.313 e. The first-order valence-corrected chi connectivity index (χ1v) is 13.8. The Bertz CT molecular complexity index is 1080. The predicted octanol–water partition coefficient (Wildman–Crippen LogP) is 9.64. The molecule has 0 aliphatic heterocycles. The topological polar surface area (TPSA) is 9.23 Å². The molecule has 38 heavy (non-hydrogen) atoms. The summed E-state index contributed by atoms with van der Waals surface area (Å²) >= 11 is 0. The first-order valence-electron chi connectivity index (χ1n) is 13.8. The highest BCUT2D eigenvalue weighted by molar-refractivity contribution is 5.31. The van der Waals surface area contributed by atoms with Gasteiger partial charge in [-0.3, -0.25) is 0 Å². The minimum Gasteiger partial charge on any atom is -0.313 e. The molecule has 8 heteroatoms. The van der Waals surface area contributed by atoms with Gasteiger partial charge in [0.2, 0.25) is 0 Å². The molecule has 0 amide bonds. The van der Waals surface area contributed by atoms with E-state index in [1.54, 1.807) is 0 Å². The van der Waals surface area contributed by atoms with Crippen molar-refractivity contribution >= 4 is 0 Å². The highest BCUT2D eigenvalue weighted by atomic mass is 19.3. The van der Waals surface area contributed by atoms with E-state index in [0.29, 0.717) is 11.5 Å². The zero-order valence-corrected chi connectivity index (χ0v) is 21.2. The molecule has 1 nitrogen and oxygen atoms in total. The molecule has 0 unspecified atom stereocenters. The Labute approximate surface area is 218 Å². The second kappa shape index (κ2) is 11.2. The molecule has 208 valence electrons. The standard InChI is InChI=1S/C30H33F7O/c31-24-13-21(19-7-5-18(6-8-19)17-3-1-2-4-17)14-25(32)28(24)30(36,37)38-23-11-9-20(10-12-23)22-15-26(33)29(35)27(34)16-22/h13-20,23H,1-12H2. The Hall–Kier alpha value is -2.09. The third-order valence-electron chi connectivity index (χ3n) is 9.13. The highest BCUT2D eigenvalue weighted by Gasteiger charge is 2.43. The molecule has 0 radical (unpaired) electrons. The van der Waals surface area contributed by atoms with Crippen molar-refractivity contribution in [1.29, 1.82) is 0 Å². The van der Waals surface area contributed by atoms with Crippen LogP contribution in [-0.4, -0.2) is 6.10 Å². The maximum Gasteiger partial charge on any atom is 0.389 e. The van der Waals surface area contributed by atoms with Gasteiger partial charge in [0.15, 0.2) is 17.5 Å². The van der Waals surface area contributed by atoms with Crippen molar-refractivity contribution < 1.29 is 35.5 Å². The van der Waals surface area contributed by atoms with Gasteiger partial charge in [-0.05, 0) is 110 Å². The van der Waals surface area contributed by atoms with Crippen molar-refractivity contribution in [2.45, 2.75) is 101 Å². The molecular weight excluding hydrogens is 509 g/mol. The summed E-state index contributed by atoms with van der Waals surface area (Å²) in [4.78, 5) is 0. The molecule has 0 atom stereocenters. The van der Waals surface area contributed by atoms with Crippen molar-refractivity contribution in [3.8, 4) is 0 Å².